The number of hydrogen-bond donors (Lipinski definition) is 0. The van der Waals surface area contributed by atoms with Gasteiger partial charge in [-0.05, 0) is 17.7 Å². The molecule has 0 aliphatic carbocycles. The summed E-state index contributed by atoms with van der Waals surface area (Å²) in [5.74, 6) is -0.313. The lowest BCUT2D eigenvalue weighted by molar-refractivity contribution is 0.625. The molecule has 2 aromatic rings. The number of halogens is 1. The van der Waals surface area contributed by atoms with E-state index in [1.165, 1.54) is 6.07 Å². The standard InChI is InChI=1S/C13H10FN/c1-2-10-6-3-4-7-11(10)13-12(14)8-5-9-15-13/h2-9H,1H2. The first-order valence-corrected chi connectivity index (χ1v) is 4.65. The lowest BCUT2D eigenvalue weighted by Gasteiger charge is -2.05. The Morgan fingerprint density at radius 3 is 2.67 bits per heavy atom. The van der Waals surface area contributed by atoms with Gasteiger partial charge in [-0.1, -0.05) is 36.9 Å². The van der Waals surface area contributed by atoms with E-state index in [0.717, 1.165) is 11.1 Å². The van der Waals surface area contributed by atoms with Gasteiger partial charge in [0, 0.05) is 11.8 Å². The third-order valence-corrected chi connectivity index (χ3v) is 2.19. The quantitative estimate of drug-likeness (QED) is 0.721. The average Bonchev–Trinajstić information content (AvgIpc) is 2.30. The van der Waals surface area contributed by atoms with Crippen molar-refractivity contribution in [1.82, 2.24) is 4.98 Å². The third-order valence-electron chi connectivity index (χ3n) is 2.19. The molecule has 0 aliphatic rings. The van der Waals surface area contributed by atoms with Crippen LogP contribution in [0.5, 0.6) is 0 Å². The maximum atomic E-state index is 13.5. The molecule has 0 aliphatic heterocycles. The Morgan fingerprint density at radius 1 is 1.13 bits per heavy atom. The van der Waals surface area contributed by atoms with Gasteiger partial charge in [0.25, 0.3) is 0 Å². The van der Waals surface area contributed by atoms with Gasteiger partial charge >= 0.3 is 0 Å². The highest BCUT2D eigenvalue weighted by molar-refractivity contribution is 5.72. The minimum Gasteiger partial charge on any atom is -0.253 e. The van der Waals surface area contributed by atoms with Crippen molar-refractivity contribution in [3.63, 3.8) is 0 Å². The van der Waals surface area contributed by atoms with Gasteiger partial charge in [0.1, 0.15) is 11.5 Å². The minimum atomic E-state index is -0.313. The van der Waals surface area contributed by atoms with Crippen molar-refractivity contribution < 1.29 is 4.39 Å². The van der Waals surface area contributed by atoms with Crippen molar-refractivity contribution >= 4 is 6.08 Å². The van der Waals surface area contributed by atoms with Gasteiger partial charge in [-0.3, -0.25) is 4.98 Å². The Labute approximate surface area is 87.9 Å². The maximum Gasteiger partial charge on any atom is 0.149 e. The highest BCUT2D eigenvalue weighted by atomic mass is 19.1. The number of pyridine rings is 1. The molecule has 0 amide bonds. The molecular formula is C13H10FN. The van der Waals surface area contributed by atoms with Crippen LogP contribution >= 0.6 is 0 Å². The van der Waals surface area contributed by atoms with E-state index < -0.39 is 0 Å². The highest BCUT2D eigenvalue weighted by Gasteiger charge is 2.07. The van der Waals surface area contributed by atoms with Gasteiger partial charge in [0.15, 0.2) is 0 Å². The van der Waals surface area contributed by atoms with Crippen molar-refractivity contribution in [3.8, 4) is 11.3 Å². The maximum absolute atomic E-state index is 13.5. The van der Waals surface area contributed by atoms with E-state index in [1.807, 2.05) is 24.3 Å². The summed E-state index contributed by atoms with van der Waals surface area (Å²) >= 11 is 0. The van der Waals surface area contributed by atoms with Crippen LogP contribution in [0, 0.1) is 5.82 Å². The van der Waals surface area contributed by atoms with Crippen molar-refractivity contribution in [2.75, 3.05) is 0 Å². The van der Waals surface area contributed by atoms with E-state index in [-0.39, 0.29) is 5.82 Å². The topological polar surface area (TPSA) is 12.9 Å². The third kappa shape index (κ3) is 1.79. The van der Waals surface area contributed by atoms with Crippen LogP contribution in [0.3, 0.4) is 0 Å². The molecule has 15 heavy (non-hydrogen) atoms. The molecule has 0 spiro atoms. The number of rotatable bonds is 2. The molecule has 0 saturated carbocycles. The molecule has 0 bridgehead atoms. The van der Waals surface area contributed by atoms with E-state index in [4.69, 9.17) is 0 Å². The van der Waals surface area contributed by atoms with Crippen LogP contribution in [-0.4, -0.2) is 4.98 Å². The summed E-state index contributed by atoms with van der Waals surface area (Å²) in [6.07, 6.45) is 3.28. The molecule has 1 aromatic carbocycles. The zero-order chi connectivity index (χ0) is 10.7. The summed E-state index contributed by atoms with van der Waals surface area (Å²) in [6.45, 7) is 3.70. The smallest absolute Gasteiger partial charge is 0.149 e. The molecule has 74 valence electrons. The monoisotopic (exact) mass is 199 g/mol. The predicted molar refractivity (Wildman–Crippen MR) is 59.7 cm³/mol. The molecule has 0 radical (unpaired) electrons. The fourth-order valence-electron chi connectivity index (χ4n) is 1.47. The van der Waals surface area contributed by atoms with Gasteiger partial charge in [0.2, 0.25) is 0 Å². The first kappa shape index (κ1) is 9.59. The Hall–Kier alpha value is -1.96. The second kappa shape index (κ2) is 4.05. The van der Waals surface area contributed by atoms with Crippen LogP contribution in [0.2, 0.25) is 0 Å². The Balaban J connectivity index is 2.64. The molecule has 0 saturated heterocycles. The summed E-state index contributed by atoms with van der Waals surface area (Å²) in [6, 6.07) is 10.5. The molecule has 1 heterocycles. The Bertz CT molecular complexity index is 491. The van der Waals surface area contributed by atoms with E-state index >= 15 is 0 Å². The molecule has 2 heteroatoms. The van der Waals surface area contributed by atoms with Crippen molar-refractivity contribution in [2.24, 2.45) is 0 Å². The van der Waals surface area contributed by atoms with Crippen LogP contribution in [0.1, 0.15) is 5.56 Å². The van der Waals surface area contributed by atoms with Gasteiger partial charge in [-0.15, -0.1) is 0 Å². The highest BCUT2D eigenvalue weighted by Crippen LogP contribution is 2.24. The summed E-state index contributed by atoms with van der Waals surface area (Å²) in [4.78, 5) is 4.03. The van der Waals surface area contributed by atoms with Gasteiger partial charge in [0.05, 0.1) is 0 Å². The summed E-state index contributed by atoms with van der Waals surface area (Å²) in [7, 11) is 0. The molecule has 0 N–H and O–H groups in total. The van der Waals surface area contributed by atoms with Gasteiger partial charge in [-0.25, -0.2) is 4.39 Å². The molecule has 1 aromatic heterocycles. The van der Waals surface area contributed by atoms with E-state index in [2.05, 4.69) is 11.6 Å². The Morgan fingerprint density at radius 2 is 1.93 bits per heavy atom. The first-order valence-electron chi connectivity index (χ1n) is 4.65. The van der Waals surface area contributed by atoms with Crippen molar-refractivity contribution in [3.05, 3.63) is 60.6 Å². The van der Waals surface area contributed by atoms with Crippen LogP contribution in [-0.2, 0) is 0 Å². The SMILES string of the molecule is C=Cc1ccccc1-c1ncccc1F. The molecular weight excluding hydrogens is 189 g/mol. The minimum absolute atomic E-state index is 0.313. The number of hydrogen-bond acceptors (Lipinski definition) is 1. The first-order chi connectivity index (χ1) is 7.33. The van der Waals surface area contributed by atoms with E-state index in [1.54, 1.807) is 18.3 Å². The van der Waals surface area contributed by atoms with Gasteiger partial charge < -0.3 is 0 Å². The lowest BCUT2D eigenvalue weighted by Crippen LogP contribution is -1.90. The predicted octanol–water partition coefficient (Wildman–Crippen LogP) is 3.53. The number of benzene rings is 1. The van der Waals surface area contributed by atoms with E-state index in [0.29, 0.717) is 5.69 Å². The molecule has 0 atom stereocenters. The number of aromatic nitrogens is 1. The Kier molecular flexibility index (Phi) is 2.59. The van der Waals surface area contributed by atoms with Crippen molar-refractivity contribution in [2.45, 2.75) is 0 Å². The molecule has 2 rings (SSSR count). The van der Waals surface area contributed by atoms with Crippen LogP contribution in [0.25, 0.3) is 17.3 Å². The van der Waals surface area contributed by atoms with E-state index in [9.17, 15) is 4.39 Å². The second-order valence-corrected chi connectivity index (χ2v) is 3.13. The summed E-state index contributed by atoms with van der Waals surface area (Å²) < 4.78 is 13.5. The number of nitrogens with zero attached hydrogens (tertiary/aromatic N) is 1. The lowest BCUT2D eigenvalue weighted by atomic mass is 10.0. The zero-order valence-corrected chi connectivity index (χ0v) is 8.15. The molecule has 1 nitrogen and oxygen atoms in total. The zero-order valence-electron chi connectivity index (χ0n) is 8.15. The summed E-state index contributed by atoms with van der Waals surface area (Å²) in [5, 5.41) is 0. The van der Waals surface area contributed by atoms with Crippen LogP contribution in [0.4, 0.5) is 4.39 Å². The fourth-order valence-corrected chi connectivity index (χ4v) is 1.47. The average molecular weight is 199 g/mol. The van der Waals surface area contributed by atoms with Gasteiger partial charge in [-0.2, -0.15) is 0 Å². The second-order valence-electron chi connectivity index (χ2n) is 3.13. The van der Waals surface area contributed by atoms with Crippen LogP contribution in [0.15, 0.2) is 49.2 Å². The largest absolute Gasteiger partial charge is 0.253 e. The molecule has 0 unspecified atom stereocenters. The fraction of sp³-hybridized carbons (Fsp3) is 0. The molecule has 0 fully saturated rings. The van der Waals surface area contributed by atoms with Crippen LogP contribution < -0.4 is 0 Å². The van der Waals surface area contributed by atoms with Crippen molar-refractivity contribution in [1.29, 1.82) is 0 Å². The normalized spacial score (nSPS) is 9.93. The summed E-state index contributed by atoms with van der Waals surface area (Å²) in [5.41, 5.74) is 2.02.